The maximum absolute atomic E-state index is 13.5. The summed E-state index contributed by atoms with van der Waals surface area (Å²) in [6, 6.07) is 12.4. The van der Waals surface area contributed by atoms with Gasteiger partial charge in [0.25, 0.3) is 0 Å². The van der Waals surface area contributed by atoms with Gasteiger partial charge in [-0.15, -0.1) is 0 Å². The number of aromatic nitrogens is 1. The third-order valence-corrected chi connectivity index (χ3v) is 12.6. The molecule has 0 saturated heterocycles. The fraction of sp³-hybridized carbons (Fsp3) is 0.552. The Morgan fingerprint density at radius 1 is 0.944 bits per heavy atom. The second-order valence-corrected chi connectivity index (χ2v) is 16.7. The van der Waals surface area contributed by atoms with E-state index in [2.05, 4.69) is 63.1 Å². The Morgan fingerprint density at radius 3 is 2.11 bits per heavy atom. The summed E-state index contributed by atoms with van der Waals surface area (Å²) in [6.45, 7) is 11.3. The molecule has 0 spiro atoms. The van der Waals surface area contributed by atoms with Crippen LogP contribution in [0.3, 0.4) is 0 Å². The van der Waals surface area contributed by atoms with Crippen molar-refractivity contribution in [2.24, 2.45) is 11.7 Å². The van der Waals surface area contributed by atoms with Gasteiger partial charge >= 0.3 is 6.09 Å². The zero-order valence-corrected chi connectivity index (χ0v) is 23.3. The number of ketones is 1. The van der Waals surface area contributed by atoms with E-state index in [9.17, 15) is 9.59 Å². The topological polar surface area (TPSA) is 91.5 Å². The molecule has 2 aliphatic rings. The molecular weight excluding hydrogens is 468 g/mol. The molecule has 1 heterocycles. The number of pyridine rings is 1. The molecule has 2 saturated carbocycles. The molecule has 0 atom stereocenters. The number of primary amides is 1. The largest absolute Gasteiger partial charge is 0.544 e. The molecule has 0 bridgehead atoms. The number of hydrogen-bond acceptors (Lipinski definition) is 5. The maximum atomic E-state index is 13.5. The van der Waals surface area contributed by atoms with Crippen molar-refractivity contribution in [3.05, 3.63) is 58.9 Å². The predicted molar refractivity (Wildman–Crippen MR) is 144 cm³/mol. The van der Waals surface area contributed by atoms with Gasteiger partial charge in [-0.1, -0.05) is 39.0 Å². The molecule has 0 unspecified atom stereocenters. The molecule has 7 heteroatoms. The highest BCUT2D eigenvalue weighted by Gasteiger charge is 2.39. The third-order valence-electron chi connectivity index (χ3n) is 8.23. The monoisotopic (exact) mass is 508 g/mol. The van der Waals surface area contributed by atoms with Gasteiger partial charge in [0.15, 0.2) is 5.78 Å². The molecule has 1 aromatic heterocycles. The van der Waals surface area contributed by atoms with E-state index in [1.165, 1.54) is 5.56 Å². The van der Waals surface area contributed by atoms with Gasteiger partial charge in [-0.05, 0) is 97.8 Å². The number of carbonyl (C=O) groups excluding carboxylic acids is 2. The number of carbonyl (C=O) groups is 2. The Morgan fingerprint density at radius 2 is 1.56 bits per heavy atom. The Balaban J connectivity index is 1.39. The van der Waals surface area contributed by atoms with Crippen LogP contribution in [0.2, 0.25) is 18.1 Å². The molecule has 1 amide bonds. The summed E-state index contributed by atoms with van der Waals surface area (Å²) in [5, 5.41) is 0.166. The van der Waals surface area contributed by atoms with Crippen LogP contribution in [-0.2, 0) is 11.3 Å². The van der Waals surface area contributed by atoms with Crippen LogP contribution in [0.4, 0.5) is 4.79 Å². The zero-order chi connectivity index (χ0) is 26.1. The van der Waals surface area contributed by atoms with E-state index >= 15 is 0 Å². The lowest BCUT2D eigenvalue weighted by molar-refractivity contribution is 0.0876. The van der Waals surface area contributed by atoms with Crippen LogP contribution in [0.25, 0.3) is 0 Å². The number of rotatable bonds is 8. The molecule has 0 radical (unpaired) electrons. The number of ether oxygens (including phenoxy) is 1. The molecule has 2 fully saturated rings. The fourth-order valence-electron chi connectivity index (χ4n) is 4.79. The average molecular weight is 509 g/mol. The lowest BCUT2D eigenvalue weighted by atomic mass is 9.76. The first kappa shape index (κ1) is 26.4. The Labute approximate surface area is 216 Å². The van der Waals surface area contributed by atoms with E-state index in [4.69, 9.17) is 14.9 Å². The molecule has 2 aliphatic carbocycles. The van der Waals surface area contributed by atoms with Crippen LogP contribution < -0.4 is 10.2 Å². The van der Waals surface area contributed by atoms with E-state index in [1.807, 2.05) is 12.1 Å². The van der Waals surface area contributed by atoms with E-state index in [0.29, 0.717) is 23.2 Å². The maximum Gasteiger partial charge on any atom is 0.404 e. The third kappa shape index (κ3) is 6.17. The van der Waals surface area contributed by atoms with Crippen LogP contribution in [-0.4, -0.2) is 25.2 Å². The first-order valence-corrected chi connectivity index (χ1v) is 16.1. The molecule has 36 heavy (non-hydrogen) atoms. The van der Waals surface area contributed by atoms with Crippen molar-refractivity contribution in [3.63, 3.8) is 0 Å². The van der Waals surface area contributed by atoms with E-state index in [-0.39, 0.29) is 23.3 Å². The standard InChI is InChI=1S/C29H40N2O4Si/c1-29(2,3)36(4,5)35-24-15-12-20(13-16-24)19-6-10-22(11-7-19)27(32)26-25(21-8-9-21)17-14-23(31-26)18-34-28(30)33/h12-17,19,21-22H,6-11,18H2,1-5H3,(H2,30,33). The number of amides is 1. The fourth-order valence-corrected chi connectivity index (χ4v) is 5.83. The zero-order valence-electron chi connectivity index (χ0n) is 22.3. The smallest absolute Gasteiger partial charge is 0.404 e. The quantitative estimate of drug-likeness (QED) is 0.303. The van der Waals surface area contributed by atoms with Crippen molar-refractivity contribution < 1.29 is 18.8 Å². The van der Waals surface area contributed by atoms with Crippen molar-refractivity contribution >= 4 is 20.2 Å². The second-order valence-electron chi connectivity index (χ2n) is 12.0. The predicted octanol–water partition coefficient (Wildman–Crippen LogP) is 7.10. The van der Waals surface area contributed by atoms with Crippen molar-refractivity contribution in [1.29, 1.82) is 0 Å². The molecular formula is C29H40N2O4Si. The molecule has 0 aliphatic heterocycles. The van der Waals surface area contributed by atoms with Crippen LogP contribution >= 0.6 is 0 Å². The summed E-state index contributed by atoms with van der Waals surface area (Å²) in [4.78, 5) is 29.1. The highest BCUT2D eigenvalue weighted by atomic mass is 28.4. The minimum absolute atomic E-state index is 0.0115. The molecule has 194 valence electrons. The first-order valence-electron chi connectivity index (χ1n) is 13.2. The minimum atomic E-state index is -1.85. The SMILES string of the molecule is CC(C)(C)[Si](C)(C)Oc1ccc(C2CCC(C(=O)c3nc(COC(N)=O)ccc3C3CC3)CC2)cc1. The highest BCUT2D eigenvalue weighted by Crippen LogP contribution is 2.44. The minimum Gasteiger partial charge on any atom is -0.544 e. The van der Waals surface area contributed by atoms with Crippen LogP contribution in [0.15, 0.2) is 36.4 Å². The number of hydrogen-bond donors (Lipinski definition) is 1. The molecule has 2 aromatic rings. The Bertz CT molecular complexity index is 1100. The van der Waals surface area contributed by atoms with Crippen LogP contribution in [0.5, 0.6) is 5.75 Å². The summed E-state index contributed by atoms with van der Waals surface area (Å²) in [6.07, 6.45) is 5.05. The van der Waals surface area contributed by atoms with Gasteiger partial charge in [-0.2, -0.15) is 0 Å². The number of Topliss-reactive ketones (excluding diaryl/α,β-unsaturated/α-hetero) is 1. The summed E-state index contributed by atoms with van der Waals surface area (Å²) >= 11 is 0. The normalized spacial score (nSPS) is 20.6. The Kier molecular flexibility index (Phi) is 7.60. The van der Waals surface area contributed by atoms with E-state index < -0.39 is 14.4 Å². The summed E-state index contributed by atoms with van der Waals surface area (Å²) in [7, 11) is -1.85. The summed E-state index contributed by atoms with van der Waals surface area (Å²) < 4.78 is 11.3. The van der Waals surface area contributed by atoms with E-state index in [1.54, 1.807) is 0 Å². The summed E-state index contributed by atoms with van der Waals surface area (Å²) in [5.41, 5.74) is 8.60. The number of benzene rings is 1. The molecule has 1 aromatic carbocycles. The highest BCUT2D eigenvalue weighted by molar-refractivity contribution is 6.74. The molecule has 4 rings (SSSR count). The van der Waals surface area contributed by atoms with Crippen molar-refractivity contribution in [3.8, 4) is 5.75 Å². The van der Waals surface area contributed by atoms with Gasteiger partial charge in [0.2, 0.25) is 8.32 Å². The second kappa shape index (κ2) is 10.4. The number of nitrogens with two attached hydrogens (primary N) is 1. The molecule has 2 N–H and O–H groups in total. The van der Waals surface area contributed by atoms with Gasteiger partial charge in [0.1, 0.15) is 18.1 Å². The van der Waals surface area contributed by atoms with Gasteiger partial charge in [0, 0.05) is 5.92 Å². The Hall–Kier alpha value is -2.67. The van der Waals surface area contributed by atoms with Gasteiger partial charge in [0.05, 0.1) is 5.69 Å². The van der Waals surface area contributed by atoms with Crippen LogP contribution in [0, 0.1) is 5.92 Å². The van der Waals surface area contributed by atoms with Gasteiger partial charge in [-0.3, -0.25) is 4.79 Å². The lowest BCUT2D eigenvalue weighted by Gasteiger charge is -2.36. The van der Waals surface area contributed by atoms with Crippen LogP contribution in [0.1, 0.15) is 98.4 Å². The number of nitrogens with zero attached hydrogens (tertiary/aromatic N) is 1. The van der Waals surface area contributed by atoms with Gasteiger partial charge < -0.3 is 14.9 Å². The van der Waals surface area contributed by atoms with Crippen molar-refractivity contribution in [2.75, 3.05) is 0 Å². The van der Waals surface area contributed by atoms with E-state index in [0.717, 1.165) is 49.8 Å². The first-order chi connectivity index (χ1) is 16.9. The van der Waals surface area contributed by atoms with Crippen molar-refractivity contribution in [2.45, 2.75) is 95.9 Å². The summed E-state index contributed by atoms with van der Waals surface area (Å²) in [5.74, 6) is 1.95. The molecule has 6 nitrogen and oxygen atoms in total. The lowest BCUT2D eigenvalue weighted by Crippen LogP contribution is -2.43. The van der Waals surface area contributed by atoms with Crippen molar-refractivity contribution in [1.82, 2.24) is 4.98 Å². The van der Waals surface area contributed by atoms with Gasteiger partial charge in [-0.25, -0.2) is 9.78 Å². The average Bonchev–Trinajstić information content (AvgIpc) is 3.67.